The second kappa shape index (κ2) is 8.29. The van der Waals surface area contributed by atoms with Crippen LogP contribution in [0, 0.1) is 0 Å². The zero-order valence-electron chi connectivity index (χ0n) is 15.0. The van der Waals surface area contributed by atoms with Gasteiger partial charge >= 0.3 is 0 Å². The van der Waals surface area contributed by atoms with E-state index in [0.717, 1.165) is 16.7 Å². The number of allylic oxidation sites excluding steroid dienone is 2. The van der Waals surface area contributed by atoms with Crippen molar-refractivity contribution in [3.63, 3.8) is 0 Å². The quantitative estimate of drug-likeness (QED) is 0.586. The van der Waals surface area contributed by atoms with Crippen molar-refractivity contribution >= 4 is 12.2 Å². The van der Waals surface area contributed by atoms with Gasteiger partial charge in [0.25, 0.3) is 0 Å². The molecule has 0 atom stereocenters. The Morgan fingerprint density at radius 2 is 1.60 bits per heavy atom. The Kier molecular flexibility index (Phi) is 6.12. The first-order valence-electron chi connectivity index (χ1n) is 8.03. The van der Waals surface area contributed by atoms with Crippen LogP contribution in [-0.4, -0.2) is 24.4 Å². The first-order chi connectivity index (χ1) is 11.9. The first-order valence-corrected chi connectivity index (χ1v) is 8.03. The van der Waals surface area contributed by atoms with Gasteiger partial charge in [-0.1, -0.05) is 29.9 Å². The van der Waals surface area contributed by atoms with E-state index < -0.39 is 0 Å². The fraction of sp³-hybridized carbons (Fsp3) is 0.238. The summed E-state index contributed by atoms with van der Waals surface area (Å²) in [6.45, 7) is 4.04. The maximum Gasteiger partial charge on any atom is 0.161 e. The lowest BCUT2D eigenvalue weighted by atomic mass is 10.0. The summed E-state index contributed by atoms with van der Waals surface area (Å²) in [4.78, 5) is 0. The Hall–Kier alpha value is -2.88. The summed E-state index contributed by atoms with van der Waals surface area (Å²) in [5.74, 6) is 1.14. The maximum atomic E-state index is 10.3. The lowest BCUT2D eigenvalue weighted by Crippen LogP contribution is -1.91. The number of hydrogen-bond donors (Lipinski definition) is 2. The zero-order chi connectivity index (χ0) is 18.4. The molecule has 0 aliphatic rings. The van der Waals surface area contributed by atoms with Gasteiger partial charge in [0, 0.05) is 5.56 Å². The lowest BCUT2D eigenvalue weighted by molar-refractivity contribution is 0.371. The molecule has 0 fully saturated rings. The molecule has 0 saturated carbocycles. The van der Waals surface area contributed by atoms with Crippen LogP contribution in [0.15, 0.2) is 42.0 Å². The average molecular weight is 340 g/mol. The minimum Gasteiger partial charge on any atom is -0.504 e. The SMILES string of the molecule is COc1ccc(/C=C/c2cc(CC=C(C)C)c(O)c(OC)c2)cc1O. The molecular formula is C21H24O4. The Labute approximate surface area is 148 Å². The van der Waals surface area contributed by atoms with E-state index in [2.05, 4.69) is 6.08 Å². The molecule has 0 unspecified atom stereocenters. The predicted molar refractivity (Wildman–Crippen MR) is 101 cm³/mol. The van der Waals surface area contributed by atoms with Gasteiger partial charge in [0.2, 0.25) is 0 Å². The second-order valence-electron chi connectivity index (χ2n) is 5.98. The number of rotatable bonds is 6. The molecule has 0 amide bonds. The highest BCUT2D eigenvalue weighted by molar-refractivity contribution is 5.72. The topological polar surface area (TPSA) is 58.9 Å². The van der Waals surface area contributed by atoms with E-state index in [4.69, 9.17) is 9.47 Å². The third-order valence-electron chi connectivity index (χ3n) is 3.80. The summed E-state index contributed by atoms with van der Waals surface area (Å²) in [6.07, 6.45) is 6.49. The number of hydrogen-bond acceptors (Lipinski definition) is 4. The van der Waals surface area contributed by atoms with Crippen LogP contribution < -0.4 is 9.47 Å². The van der Waals surface area contributed by atoms with Gasteiger partial charge in [-0.25, -0.2) is 0 Å². The Morgan fingerprint density at radius 1 is 0.920 bits per heavy atom. The highest BCUT2D eigenvalue weighted by atomic mass is 16.5. The first kappa shape index (κ1) is 18.5. The minimum absolute atomic E-state index is 0.0946. The van der Waals surface area contributed by atoms with Gasteiger partial charge in [-0.05, 0) is 55.7 Å². The molecule has 0 radical (unpaired) electrons. The van der Waals surface area contributed by atoms with Crippen LogP contribution in [0.4, 0.5) is 0 Å². The summed E-state index contributed by atoms with van der Waals surface area (Å²) >= 11 is 0. The van der Waals surface area contributed by atoms with Crippen LogP contribution in [0.1, 0.15) is 30.5 Å². The lowest BCUT2D eigenvalue weighted by Gasteiger charge is -2.10. The molecule has 0 bridgehead atoms. The molecular weight excluding hydrogens is 316 g/mol. The van der Waals surface area contributed by atoms with E-state index in [1.54, 1.807) is 18.2 Å². The summed E-state index contributed by atoms with van der Waals surface area (Å²) in [5, 5.41) is 20.1. The summed E-state index contributed by atoms with van der Waals surface area (Å²) in [7, 11) is 3.05. The molecule has 0 saturated heterocycles. The smallest absolute Gasteiger partial charge is 0.161 e. The van der Waals surface area contributed by atoms with E-state index in [1.165, 1.54) is 19.8 Å². The van der Waals surface area contributed by atoms with Crippen molar-refractivity contribution < 1.29 is 19.7 Å². The number of phenols is 2. The van der Waals surface area contributed by atoms with Crippen LogP contribution in [0.25, 0.3) is 12.2 Å². The fourth-order valence-corrected chi connectivity index (χ4v) is 2.41. The Morgan fingerprint density at radius 3 is 2.20 bits per heavy atom. The number of methoxy groups -OCH3 is 2. The van der Waals surface area contributed by atoms with Crippen molar-refractivity contribution in [2.24, 2.45) is 0 Å². The van der Waals surface area contributed by atoms with Crippen molar-refractivity contribution in [3.05, 3.63) is 58.7 Å². The molecule has 0 heterocycles. The molecule has 0 aliphatic heterocycles. The number of benzene rings is 2. The van der Waals surface area contributed by atoms with E-state index in [0.29, 0.717) is 17.9 Å². The third-order valence-corrected chi connectivity index (χ3v) is 3.80. The van der Waals surface area contributed by atoms with Crippen molar-refractivity contribution in [3.8, 4) is 23.0 Å². The highest BCUT2D eigenvalue weighted by Gasteiger charge is 2.09. The molecule has 0 spiro atoms. The molecule has 25 heavy (non-hydrogen) atoms. The third kappa shape index (κ3) is 4.80. The van der Waals surface area contributed by atoms with Crippen LogP contribution >= 0.6 is 0 Å². The van der Waals surface area contributed by atoms with Gasteiger partial charge in [0.1, 0.15) is 0 Å². The van der Waals surface area contributed by atoms with Crippen LogP contribution in [0.5, 0.6) is 23.0 Å². The normalized spacial score (nSPS) is 10.7. The molecule has 2 rings (SSSR count). The minimum atomic E-state index is 0.0946. The van der Waals surface area contributed by atoms with E-state index in [-0.39, 0.29) is 11.5 Å². The summed E-state index contributed by atoms with van der Waals surface area (Å²) < 4.78 is 10.3. The van der Waals surface area contributed by atoms with Crippen molar-refractivity contribution in [1.29, 1.82) is 0 Å². The molecule has 0 aromatic heterocycles. The standard InChI is InChI=1S/C21H24O4/c1-14(2)5-9-17-11-16(13-20(25-4)21(17)23)7-6-15-8-10-19(24-3)18(22)12-15/h5-8,10-13,22-23H,9H2,1-4H3/b7-6+. The van der Waals surface area contributed by atoms with Crippen LogP contribution in [-0.2, 0) is 6.42 Å². The van der Waals surface area contributed by atoms with Gasteiger partial charge in [-0.15, -0.1) is 0 Å². The van der Waals surface area contributed by atoms with Gasteiger partial charge in [-0.3, -0.25) is 0 Å². The number of ether oxygens (including phenoxy) is 2. The van der Waals surface area contributed by atoms with Gasteiger partial charge in [-0.2, -0.15) is 0 Å². The maximum absolute atomic E-state index is 10.3. The molecule has 0 aliphatic carbocycles. The predicted octanol–water partition coefficient (Wildman–Crippen LogP) is 4.79. The van der Waals surface area contributed by atoms with Gasteiger partial charge in [0.05, 0.1) is 14.2 Å². The molecule has 132 valence electrons. The van der Waals surface area contributed by atoms with Crippen molar-refractivity contribution in [2.45, 2.75) is 20.3 Å². The summed E-state index contributed by atoms with van der Waals surface area (Å²) in [6, 6.07) is 8.92. The average Bonchev–Trinajstić information content (AvgIpc) is 2.59. The molecule has 2 aromatic carbocycles. The summed E-state index contributed by atoms with van der Waals surface area (Å²) in [5.41, 5.74) is 3.74. The van der Waals surface area contributed by atoms with Crippen molar-refractivity contribution in [2.75, 3.05) is 14.2 Å². The Bertz CT molecular complexity index is 800. The van der Waals surface area contributed by atoms with Crippen molar-refractivity contribution in [1.82, 2.24) is 0 Å². The molecule has 2 aromatic rings. The zero-order valence-corrected chi connectivity index (χ0v) is 15.0. The fourth-order valence-electron chi connectivity index (χ4n) is 2.41. The molecule has 2 N–H and O–H groups in total. The molecule has 4 heteroatoms. The van der Waals surface area contributed by atoms with E-state index >= 15 is 0 Å². The number of phenolic OH excluding ortho intramolecular Hbond substituents is 2. The number of aromatic hydroxyl groups is 2. The van der Waals surface area contributed by atoms with Crippen LogP contribution in [0.3, 0.4) is 0 Å². The highest BCUT2D eigenvalue weighted by Crippen LogP contribution is 2.33. The molecule has 4 nitrogen and oxygen atoms in total. The van der Waals surface area contributed by atoms with E-state index in [9.17, 15) is 10.2 Å². The largest absolute Gasteiger partial charge is 0.504 e. The second-order valence-corrected chi connectivity index (χ2v) is 5.98. The van der Waals surface area contributed by atoms with E-state index in [1.807, 2.05) is 38.1 Å². The Balaban J connectivity index is 2.33. The van der Waals surface area contributed by atoms with Crippen LogP contribution in [0.2, 0.25) is 0 Å². The van der Waals surface area contributed by atoms with Gasteiger partial charge < -0.3 is 19.7 Å². The van der Waals surface area contributed by atoms with Gasteiger partial charge in [0.15, 0.2) is 23.0 Å². The monoisotopic (exact) mass is 340 g/mol.